The van der Waals surface area contributed by atoms with Crippen LogP contribution in [0.15, 0.2) is 43.0 Å². The van der Waals surface area contributed by atoms with E-state index >= 15 is 0 Å². The first-order valence-electron chi connectivity index (χ1n) is 7.29. The van der Waals surface area contributed by atoms with Crippen LogP contribution in [-0.2, 0) is 0 Å². The summed E-state index contributed by atoms with van der Waals surface area (Å²) in [5.41, 5.74) is 4.22. The Kier molecular flexibility index (Phi) is 2.93. The normalized spacial score (nSPS) is 16.4. The number of nitrogens with zero attached hydrogens (tertiary/aromatic N) is 1. The van der Waals surface area contributed by atoms with E-state index < -0.39 is 0 Å². The van der Waals surface area contributed by atoms with Crippen molar-refractivity contribution in [1.29, 1.82) is 0 Å². The van der Waals surface area contributed by atoms with E-state index in [1.54, 1.807) is 0 Å². The van der Waals surface area contributed by atoms with Crippen LogP contribution in [0, 0.1) is 0 Å². The molecule has 0 N–H and O–H groups in total. The average molecular weight is 298 g/mol. The van der Waals surface area contributed by atoms with Gasteiger partial charge in [0.2, 0.25) is 0 Å². The molecular formula is C18H16ClNO. The third-order valence-electron chi connectivity index (χ3n) is 4.27. The SMILES string of the molecule is C=C1c2ccc(N3CCCC3)cc2Oc2c(Cl)cccc21. The molecule has 2 aliphatic rings. The third kappa shape index (κ3) is 2.02. The van der Waals surface area contributed by atoms with E-state index in [1.807, 2.05) is 18.2 Å². The van der Waals surface area contributed by atoms with Gasteiger partial charge in [0.15, 0.2) is 5.75 Å². The van der Waals surface area contributed by atoms with Crippen LogP contribution < -0.4 is 9.64 Å². The number of benzene rings is 2. The van der Waals surface area contributed by atoms with Gasteiger partial charge >= 0.3 is 0 Å². The minimum atomic E-state index is 0.630. The van der Waals surface area contributed by atoms with Gasteiger partial charge < -0.3 is 9.64 Å². The third-order valence-corrected chi connectivity index (χ3v) is 4.56. The van der Waals surface area contributed by atoms with Gasteiger partial charge in [0.1, 0.15) is 5.75 Å². The fraction of sp³-hybridized carbons (Fsp3) is 0.222. The van der Waals surface area contributed by atoms with Crippen LogP contribution in [0.1, 0.15) is 24.0 Å². The highest BCUT2D eigenvalue weighted by atomic mass is 35.5. The van der Waals surface area contributed by atoms with E-state index in [0.717, 1.165) is 41.3 Å². The van der Waals surface area contributed by atoms with E-state index in [0.29, 0.717) is 5.02 Å². The molecule has 0 aromatic heterocycles. The lowest BCUT2D eigenvalue weighted by molar-refractivity contribution is 0.474. The number of hydrogen-bond donors (Lipinski definition) is 0. The molecule has 0 saturated carbocycles. The number of fused-ring (bicyclic) bond motifs is 2. The van der Waals surface area contributed by atoms with Crippen LogP contribution in [-0.4, -0.2) is 13.1 Å². The molecule has 21 heavy (non-hydrogen) atoms. The van der Waals surface area contributed by atoms with Crippen LogP contribution in [0.4, 0.5) is 5.69 Å². The van der Waals surface area contributed by atoms with Gasteiger partial charge in [-0.25, -0.2) is 0 Å². The molecule has 0 atom stereocenters. The smallest absolute Gasteiger partial charge is 0.153 e. The minimum Gasteiger partial charge on any atom is -0.454 e. The summed E-state index contributed by atoms with van der Waals surface area (Å²) in [6.45, 7) is 6.46. The Morgan fingerprint density at radius 2 is 1.86 bits per heavy atom. The summed E-state index contributed by atoms with van der Waals surface area (Å²) in [5, 5.41) is 0.630. The van der Waals surface area contributed by atoms with Gasteiger partial charge in [-0.3, -0.25) is 0 Å². The van der Waals surface area contributed by atoms with Crippen LogP contribution in [0.25, 0.3) is 5.57 Å². The zero-order valence-electron chi connectivity index (χ0n) is 11.7. The highest BCUT2D eigenvalue weighted by Gasteiger charge is 2.24. The molecule has 1 saturated heterocycles. The van der Waals surface area contributed by atoms with Crippen molar-refractivity contribution in [2.24, 2.45) is 0 Å². The molecule has 0 bridgehead atoms. The van der Waals surface area contributed by atoms with Gasteiger partial charge in [0.25, 0.3) is 0 Å². The van der Waals surface area contributed by atoms with Crippen LogP contribution >= 0.6 is 11.6 Å². The molecule has 2 nitrogen and oxygen atoms in total. The molecular weight excluding hydrogens is 282 g/mol. The second kappa shape index (κ2) is 4.81. The van der Waals surface area contributed by atoms with Crippen LogP contribution in [0.2, 0.25) is 5.02 Å². The van der Waals surface area contributed by atoms with Gasteiger partial charge in [0.05, 0.1) is 5.02 Å². The number of ether oxygens (including phenoxy) is 1. The summed E-state index contributed by atoms with van der Waals surface area (Å²) in [6, 6.07) is 12.2. The Balaban J connectivity index is 1.79. The summed E-state index contributed by atoms with van der Waals surface area (Å²) in [7, 11) is 0. The molecule has 2 heterocycles. The molecule has 3 heteroatoms. The fourth-order valence-corrected chi connectivity index (χ4v) is 3.34. The fourth-order valence-electron chi connectivity index (χ4n) is 3.12. The van der Waals surface area contributed by atoms with E-state index in [-0.39, 0.29) is 0 Å². The molecule has 2 aromatic rings. The molecule has 2 aromatic carbocycles. The average Bonchev–Trinajstić information content (AvgIpc) is 3.02. The van der Waals surface area contributed by atoms with E-state index in [1.165, 1.54) is 18.5 Å². The maximum Gasteiger partial charge on any atom is 0.153 e. The first-order chi connectivity index (χ1) is 10.2. The van der Waals surface area contributed by atoms with Gasteiger partial charge in [-0.2, -0.15) is 0 Å². The minimum absolute atomic E-state index is 0.630. The summed E-state index contributed by atoms with van der Waals surface area (Å²) in [6.07, 6.45) is 2.53. The summed E-state index contributed by atoms with van der Waals surface area (Å²) in [5.74, 6) is 1.57. The van der Waals surface area contributed by atoms with Crippen molar-refractivity contribution in [3.8, 4) is 11.5 Å². The number of halogens is 1. The van der Waals surface area contributed by atoms with E-state index in [4.69, 9.17) is 16.3 Å². The highest BCUT2D eigenvalue weighted by molar-refractivity contribution is 6.32. The Bertz CT molecular complexity index is 732. The monoisotopic (exact) mass is 297 g/mol. The lowest BCUT2D eigenvalue weighted by Gasteiger charge is -2.25. The Morgan fingerprint density at radius 3 is 2.67 bits per heavy atom. The van der Waals surface area contributed by atoms with E-state index in [2.05, 4.69) is 29.7 Å². The maximum absolute atomic E-state index is 6.26. The predicted molar refractivity (Wildman–Crippen MR) is 87.6 cm³/mol. The predicted octanol–water partition coefficient (Wildman–Crippen LogP) is 5.11. The summed E-state index contributed by atoms with van der Waals surface area (Å²) < 4.78 is 6.06. The largest absolute Gasteiger partial charge is 0.454 e. The maximum atomic E-state index is 6.26. The van der Waals surface area contributed by atoms with Crippen molar-refractivity contribution in [2.45, 2.75) is 12.8 Å². The van der Waals surface area contributed by atoms with Crippen molar-refractivity contribution >= 4 is 22.9 Å². The quantitative estimate of drug-likeness (QED) is 0.619. The molecule has 106 valence electrons. The molecule has 0 radical (unpaired) electrons. The van der Waals surface area contributed by atoms with Gasteiger partial charge in [-0.15, -0.1) is 0 Å². The van der Waals surface area contributed by atoms with Crippen LogP contribution in [0.5, 0.6) is 11.5 Å². The van der Waals surface area contributed by atoms with Gasteiger partial charge in [0, 0.05) is 36.0 Å². The molecule has 4 rings (SSSR count). The molecule has 0 aliphatic carbocycles. The van der Waals surface area contributed by atoms with E-state index in [9.17, 15) is 0 Å². The molecule has 0 unspecified atom stereocenters. The zero-order chi connectivity index (χ0) is 14.4. The molecule has 2 aliphatic heterocycles. The molecule has 0 amide bonds. The first-order valence-corrected chi connectivity index (χ1v) is 7.67. The number of hydrogen-bond acceptors (Lipinski definition) is 2. The van der Waals surface area contributed by atoms with Crippen molar-refractivity contribution in [3.63, 3.8) is 0 Å². The van der Waals surface area contributed by atoms with Crippen molar-refractivity contribution in [3.05, 3.63) is 59.1 Å². The standard InChI is InChI=1S/C18H16ClNO/c1-12-14-8-7-13(20-9-2-3-10-20)11-17(14)21-18-15(12)5-4-6-16(18)19/h4-8,11H,1-3,9-10H2. The lowest BCUT2D eigenvalue weighted by Crippen LogP contribution is -2.17. The van der Waals surface area contributed by atoms with Gasteiger partial charge in [-0.05, 0) is 36.6 Å². The second-order valence-electron chi connectivity index (χ2n) is 5.57. The Hall–Kier alpha value is -1.93. The number of rotatable bonds is 1. The highest BCUT2D eigenvalue weighted by Crippen LogP contribution is 2.47. The Morgan fingerprint density at radius 1 is 1.05 bits per heavy atom. The van der Waals surface area contributed by atoms with Crippen molar-refractivity contribution in [1.82, 2.24) is 0 Å². The summed E-state index contributed by atoms with van der Waals surface area (Å²) in [4.78, 5) is 2.40. The topological polar surface area (TPSA) is 12.5 Å². The molecule has 1 fully saturated rings. The number of para-hydroxylation sites is 1. The van der Waals surface area contributed by atoms with Gasteiger partial charge in [-0.1, -0.05) is 30.3 Å². The second-order valence-corrected chi connectivity index (χ2v) is 5.98. The molecule has 0 spiro atoms. The lowest BCUT2D eigenvalue weighted by atomic mass is 9.95. The van der Waals surface area contributed by atoms with Crippen LogP contribution in [0.3, 0.4) is 0 Å². The van der Waals surface area contributed by atoms with Crippen molar-refractivity contribution in [2.75, 3.05) is 18.0 Å². The van der Waals surface area contributed by atoms with Crippen molar-refractivity contribution < 1.29 is 4.74 Å². The summed E-state index contributed by atoms with van der Waals surface area (Å²) >= 11 is 6.26. The Labute approximate surface area is 129 Å². The first kappa shape index (κ1) is 12.8. The zero-order valence-corrected chi connectivity index (χ0v) is 12.5. The number of anilines is 1.